The van der Waals surface area contributed by atoms with Gasteiger partial charge in [0.25, 0.3) is 5.91 Å². The number of carbonyl (C=O) groups excluding carboxylic acids is 1. The topological polar surface area (TPSA) is 50.8 Å². The van der Waals surface area contributed by atoms with Crippen molar-refractivity contribution in [2.75, 3.05) is 26.3 Å². The molecule has 1 saturated carbocycles. The number of benzene rings is 3. The molecule has 5 nitrogen and oxygen atoms in total. The summed E-state index contributed by atoms with van der Waals surface area (Å²) in [4.78, 5) is 15.5. The fourth-order valence-electron chi connectivity index (χ4n) is 4.89. The van der Waals surface area contributed by atoms with Crippen molar-refractivity contribution < 1.29 is 27.4 Å². The maximum atomic E-state index is 13.9. The molecule has 2 aliphatic rings. The highest BCUT2D eigenvalue weighted by atomic mass is 35.5. The lowest BCUT2D eigenvalue weighted by molar-refractivity contribution is -0.137. The molecule has 0 unspecified atom stereocenters. The van der Waals surface area contributed by atoms with E-state index in [-0.39, 0.29) is 42.3 Å². The molecule has 3 aromatic rings. The van der Waals surface area contributed by atoms with Crippen LogP contribution in [0.15, 0.2) is 66.2 Å². The van der Waals surface area contributed by atoms with Crippen LogP contribution in [0, 0.1) is 0 Å². The Morgan fingerprint density at radius 3 is 2.43 bits per heavy atom. The summed E-state index contributed by atoms with van der Waals surface area (Å²) >= 11 is 18.3. The smallest absolute Gasteiger partial charge is 0.417 e. The molecule has 42 heavy (non-hydrogen) atoms. The Morgan fingerprint density at radius 1 is 0.976 bits per heavy atom. The minimum absolute atomic E-state index is 0.0122. The van der Waals surface area contributed by atoms with Gasteiger partial charge in [-0.2, -0.15) is 13.2 Å². The molecule has 11 heteroatoms. The van der Waals surface area contributed by atoms with Crippen molar-refractivity contribution in [2.24, 2.45) is 0 Å². The molecular weight excluding hydrogens is 612 g/mol. The summed E-state index contributed by atoms with van der Waals surface area (Å²) in [5, 5.41) is 3.88. The third-order valence-electron chi connectivity index (χ3n) is 7.15. The summed E-state index contributed by atoms with van der Waals surface area (Å²) < 4.78 is 51.8. The van der Waals surface area contributed by atoms with Gasteiger partial charge in [0, 0.05) is 35.8 Å². The second-order valence-electron chi connectivity index (χ2n) is 10.1. The van der Waals surface area contributed by atoms with E-state index in [0.29, 0.717) is 46.6 Å². The molecule has 0 aromatic heterocycles. The number of alkyl halides is 3. The Hall–Kier alpha value is -2.91. The fourth-order valence-corrected chi connectivity index (χ4v) is 5.52. The summed E-state index contributed by atoms with van der Waals surface area (Å²) in [6, 6.07) is 16.3. The predicted octanol–water partition coefficient (Wildman–Crippen LogP) is 8.06. The Morgan fingerprint density at radius 2 is 1.71 bits per heavy atom. The number of hydrogen-bond acceptors (Lipinski definition) is 4. The number of amides is 1. The predicted molar refractivity (Wildman–Crippen MR) is 158 cm³/mol. The van der Waals surface area contributed by atoms with Crippen molar-refractivity contribution in [1.82, 2.24) is 10.2 Å². The molecule has 0 atom stereocenters. The number of nitrogens with one attached hydrogen (secondary N) is 1. The molecule has 5 rings (SSSR count). The minimum Gasteiger partial charge on any atom is -0.490 e. The molecule has 3 aromatic carbocycles. The monoisotopic (exact) mass is 638 g/mol. The zero-order valence-electron chi connectivity index (χ0n) is 22.4. The number of ether oxygens (including phenoxy) is 2. The van der Waals surface area contributed by atoms with Crippen molar-refractivity contribution in [2.45, 2.75) is 38.0 Å². The molecular formula is C31H28Cl3F3N2O3. The zero-order chi connectivity index (χ0) is 29.9. The van der Waals surface area contributed by atoms with Crippen LogP contribution >= 0.6 is 34.8 Å². The summed E-state index contributed by atoms with van der Waals surface area (Å²) in [6.07, 6.45) is -2.33. The highest BCUT2D eigenvalue weighted by Crippen LogP contribution is 2.39. The van der Waals surface area contributed by atoms with E-state index >= 15 is 0 Å². The van der Waals surface area contributed by atoms with Gasteiger partial charge in [-0.05, 0) is 72.8 Å². The second kappa shape index (κ2) is 13.2. The quantitative estimate of drug-likeness (QED) is 0.228. The number of carbonyl (C=O) groups is 1. The van der Waals surface area contributed by atoms with Gasteiger partial charge < -0.3 is 19.7 Å². The van der Waals surface area contributed by atoms with E-state index in [1.54, 1.807) is 29.2 Å². The first-order valence-corrected chi connectivity index (χ1v) is 14.6. The molecule has 0 spiro atoms. The van der Waals surface area contributed by atoms with E-state index < -0.39 is 11.7 Å². The average molecular weight is 640 g/mol. The maximum Gasteiger partial charge on any atom is 0.417 e. The Balaban J connectivity index is 1.28. The van der Waals surface area contributed by atoms with Crippen molar-refractivity contribution >= 4 is 46.3 Å². The van der Waals surface area contributed by atoms with Gasteiger partial charge in [-0.1, -0.05) is 59.1 Å². The standard InChI is InChI=1S/C31H28Cl3F3N2O3/c32-21-6-11-27(33)28(16-21)42-15-14-41-23-9-4-19(5-10-23)24-12-13-38-17-25(24)30(40)39(22-7-8-22)18-20-2-1-3-26(29(20)34)31(35,36)37/h1-6,9-11,16,22,38H,7-8,12-15,17-18H2. The van der Waals surface area contributed by atoms with Crippen LogP contribution in [0.25, 0.3) is 5.57 Å². The first-order chi connectivity index (χ1) is 20.1. The molecule has 0 radical (unpaired) electrons. The summed E-state index contributed by atoms with van der Waals surface area (Å²) in [7, 11) is 0. The van der Waals surface area contributed by atoms with E-state index in [4.69, 9.17) is 44.3 Å². The summed E-state index contributed by atoms with van der Waals surface area (Å²) in [5.74, 6) is 0.930. The van der Waals surface area contributed by atoms with Crippen LogP contribution in [0.4, 0.5) is 13.2 Å². The van der Waals surface area contributed by atoms with Crippen LogP contribution in [0.1, 0.15) is 36.0 Å². The minimum atomic E-state index is -4.57. The lowest BCUT2D eigenvalue weighted by Crippen LogP contribution is -2.39. The van der Waals surface area contributed by atoms with Crippen LogP contribution in [0.2, 0.25) is 15.1 Å². The van der Waals surface area contributed by atoms with Gasteiger partial charge in [0.1, 0.15) is 24.7 Å². The molecule has 1 aliphatic carbocycles. The third-order valence-corrected chi connectivity index (χ3v) is 8.15. The van der Waals surface area contributed by atoms with Crippen molar-refractivity contribution in [3.8, 4) is 11.5 Å². The number of halogens is 6. The van der Waals surface area contributed by atoms with Crippen molar-refractivity contribution in [1.29, 1.82) is 0 Å². The Labute approximate surface area is 257 Å². The van der Waals surface area contributed by atoms with Gasteiger partial charge in [-0.25, -0.2) is 0 Å². The molecule has 0 bridgehead atoms. The van der Waals surface area contributed by atoms with Gasteiger partial charge in [0.2, 0.25) is 0 Å². The van der Waals surface area contributed by atoms with Gasteiger partial charge in [-0.3, -0.25) is 4.79 Å². The van der Waals surface area contributed by atoms with Gasteiger partial charge in [-0.15, -0.1) is 0 Å². The molecule has 1 fully saturated rings. The largest absolute Gasteiger partial charge is 0.490 e. The maximum absolute atomic E-state index is 13.9. The third kappa shape index (κ3) is 7.35. The van der Waals surface area contributed by atoms with Crippen LogP contribution in [0.5, 0.6) is 11.5 Å². The molecule has 1 N–H and O–H groups in total. The Bertz CT molecular complexity index is 1470. The summed E-state index contributed by atoms with van der Waals surface area (Å²) in [5.41, 5.74) is 1.79. The van der Waals surface area contributed by atoms with Crippen molar-refractivity contribution in [3.05, 3.63) is 98.0 Å². The number of nitrogens with zero attached hydrogens (tertiary/aromatic N) is 1. The molecule has 1 aliphatic heterocycles. The lowest BCUT2D eigenvalue weighted by Gasteiger charge is -2.29. The second-order valence-corrected chi connectivity index (χ2v) is 11.3. The lowest BCUT2D eigenvalue weighted by atomic mass is 9.93. The molecule has 0 saturated heterocycles. The van der Waals surface area contributed by atoms with E-state index in [1.165, 1.54) is 6.07 Å². The first-order valence-electron chi connectivity index (χ1n) is 13.5. The summed E-state index contributed by atoms with van der Waals surface area (Å²) in [6.45, 7) is 1.64. The highest BCUT2D eigenvalue weighted by molar-refractivity contribution is 6.34. The highest BCUT2D eigenvalue weighted by Gasteiger charge is 2.38. The first kappa shape index (κ1) is 30.5. The number of rotatable bonds is 10. The number of hydrogen-bond donors (Lipinski definition) is 1. The van der Waals surface area contributed by atoms with Crippen LogP contribution in [0.3, 0.4) is 0 Å². The van der Waals surface area contributed by atoms with E-state index in [1.807, 2.05) is 24.3 Å². The zero-order valence-corrected chi connectivity index (χ0v) is 24.7. The normalized spacial score (nSPS) is 15.5. The van der Waals surface area contributed by atoms with Gasteiger partial charge >= 0.3 is 6.18 Å². The van der Waals surface area contributed by atoms with Crippen LogP contribution in [-0.4, -0.2) is 43.2 Å². The molecule has 222 valence electrons. The van der Waals surface area contributed by atoms with E-state index in [2.05, 4.69) is 5.32 Å². The van der Waals surface area contributed by atoms with E-state index in [9.17, 15) is 18.0 Å². The van der Waals surface area contributed by atoms with Crippen LogP contribution in [-0.2, 0) is 17.5 Å². The van der Waals surface area contributed by atoms with Crippen LogP contribution < -0.4 is 14.8 Å². The van der Waals surface area contributed by atoms with Crippen molar-refractivity contribution in [3.63, 3.8) is 0 Å². The van der Waals surface area contributed by atoms with Gasteiger partial charge in [0.05, 0.1) is 15.6 Å². The fraction of sp³-hybridized carbons (Fsp3) is 0.323. The SMILES string of the molecule is O=C(C1=C(c2ccc(OCCOc3cc(Cl)ccc3Cl)cc2)CCNC1)N(Cc1cccc(C(F)(F)F)c1Cl)C1CC1. The molecule has 1 heterocycles. The molecule has 1 amide bonds. The van der Waals surface area contributed by atoms with Gasteiger partial charge in [0.15, 0.2) is 0 Å². The average Bonchev–Trinajstić information content (AvgIpc) is 3.81. The Kier molecular flexibility index (Phi) is 9.57. The van der Waals surface area contributed by atoms with E-state index in [0.717, 1.165) is 30.0 Å².